The lowest BCUT2D eigenvalue weighted by Gasteiger charge is -2.31. The van der Waals surface area contributed by atoms with Crippen LogP contribution in [0.3, 0.4) is 0 Å². The van der Waals surface area contributed by atoms with Crippen molar-refractivity contribution in [2.45, 2.75) is 38.6 Å². The summed E-state index contributed by atoms with van der Waals surface area (Å²) in [7, 11) is 0. The number of ether oxygens (including phenoxy) is 1. The second-order valence-electron chi connectivity index (χ2n) is 6.37. The first kappa shape index (κ1) is 19.3. The SMILES string of the molecule is CCOC(=O)N1CCC(NC(=O)CCc2nc(-c3ccccn3)cs2)CC1. The molecule has 0 atom stereocenters. The van der Waals surface area contributed by atoms with Crippen molar-refractivity contribution in [3.8, 4) is 11.4 Å². The van der Waals surface area contributed by atoms with Gasteiger partial charge in [0.2, 0.25) is 5.91 Å². The van der Waals surface area contributed by atoms with Gasteiger partial charge in [-0.15, -0.1) is 11.3 Å². The number of likely N-dealkylation sites (tertiary alicyclic amines) is 1. The van der Waals surface area contributed by atoms with Crippen LogP contribution in [0.5, 0.6) is 0 Å². The number of carbonyl (C=O) groups excluding carboxylic acids is 2. The van der Waals surface area contributed by atoms with Crippen LogP contribution in [-0.2, 0) is 16.0 Å². The number of hydrogen-bond donors (Lipinski definition) is 1. The van der Waals surface area contributed by atoms with Crippen LogP contribution in [0.25, 0.3) is 11.4 Å². The molecule has 7 nitrogen and oxygen atoms in total. The quantitative estimate of drug-likeness (QED) is 0.823. The van der Waals surface area contributed by atoms with E-state index in [1.165, 1.54) is 0 Å². The number of rotatable bonds is 6. The van der Waals surface area contributed by atoms with Gasteiger partial charge in [-0.1, -0.05) is 6.07 Å². The van der Waals surface area contributed by atoms with E-state index >= 15 is 0 Å². The Morgan fingerprint density at radius 1 is 1.30 bits per heavy atom. The first-order valence-electron chi connectivity index (χ1n) is 9.22. The normalized spacial score (nSPS) is 14.8. The molecule has 3 rings (SSSR count). The summed E-state index contributed by atoms with van der Waals surface area (Å²) in [5, 5.41) is 5.97. The van der Waals surface area contributed by atoms with Gasteiger partial charge in [-0.2, -0.15) is 0 Å². The van der Waals surface area contributed by atoms with Gasteiger partial charge in [-0.3, -0.25) is 9.78 Å². The fraction of sp³-hybridized carbons (Fsp3) is 0.474. The molecule has 2 aromatic heterocycles. The van der Waals surface area contributed by atoms with Crippen LogP contribution in [-0.4, -0.2) is 52.6 Å². The second-order valence-corrected chi connectivity index (χ2v) is 7.31. The van der Waals surface area contributed by atoms with E-state index in [2.05, 4.69) is 15.3 Å². The lowest BCUT2D eigenvalue weighted by atomic mass is 10.1. The van der Waals surface area contributed by atoms with Crippen LogP contribution >= 0.6 is 11.3 Å². The second kappa shape index (κ2) is 9.45. The van der Waals surface area contributed by atoms with Gasteiger partial charge in [-0.25, -0.2) is 9.78 Å². The minimum absolute atomic E-state index is 0.0270. The molecule has 3 heterocycles. The van der Waals surface area contributed by atoms with E-state index in [4.69, 9.17) is 4.74 Å². The lowest BCUT2D eigenvalue weighted by Crippen LogP contribution is -2.46. The van der Waals surface area contributed by atoms with E-state index in [0.29, 0.717) is 32.5 Å². The Labute approximate surface area is 162 Å². The highest BCUT2D eigenvalue weighted by atomic mass is 32.1. The number of carbonyl (C=O) groups is 2. The third kappa shape index (κ3) is 5.50. The maximum Gasteiger partial charge on any atom is 0.409 e. The molecule has 8 heteroatoms. The van der Waals surface area contributed by atoms with E-state index in [1.54, 1.807) is 29.4 Å². The van der Waals surface area contributed by atoms with E-state index in [0.717, 1.165) is 29.2 Å². The molecule has 0 unspecified atom stereocenters. The van der Waals surface area contributed by atoms with Gasteiger partial charge in [0, 0.05) is 43.5 Å². The lowest BCUT2D eigenvalue weighted by molar-refractivity contribution is -0.122. The molecule has 27 heavy (non-hydrogen) atoms. The molecule has 0 saturated carbocycles. The predicted molar refractivity (Wildman–Crippen MR) is 103 cm³/mol. The number of nitrogens with zero attached hydrogens (tertiary/aromatic N) is 3. The number of nitrogens with one attached hydrogen (secondary N) is 1. The van der Waals surface area contributed by atoms with Gasteiger partial charge < -0.3 is 15.0 Å². The molecule has 144 valence electrons. The zero-order valence-corrected chi connectivity index (χ0v) is 16.2. The molecule has 1 fully saturated rings. The zero-order valence-electron chi connectivity index (χ0n) is 15.4. The summed E-state index contributed by atoms with van der Waals surface area (Å²) in [5.41, 5.74) is 1.69. The van der Waals surface area contributed by atoms with Crippen molar-refractivity contribution in [1.29, 1.82) is 0 Å². The number of pyridine rings is 1. The summed E-state index contributed by atoms with van der Waals surface area (Å²) in [5.74, 6) is 0.0270. The predicted octanol–water partition coefficient (Wildman–Crippen LogP) is 2.87. The highest BCUT2D eigenvalue weighted by molar-refractivity contribution is 7.09. The minimum atomic E-state index is -0.269. The van der Waals surface area contributed by atoms with Gasteiger partial charge in [-0.05, 0) is 31.9 Å². The first-order chi connectivity index (χ1) is 13.2. The van der Waals surface area contributed by atoms with Crippen LogP contribution < -0.4 is 5.32 Å². The first-order valence-corrected chi connectivity index (χ1v) is 10.1. The van der Waals surface area contributed by atoms with Crippen LogP contribution in [0.4, 0.5) is 4.79 Å². The molecule has 2 aromatic rings. The number of aryl methyl sites for hydroxylation is 1. The van der Waals surface area contributed by atoms with Gasteiger partial charge in [0.05, 0.1) is 23.0 Å². The van der Waals surface area contributed by atoms with Crippen molar-refractivity contribution in [3.05, 3.63) is 34.8 Å². The Morgan fingerprint density at radius 3 is 2.81 bits per heavy atom. The monoisotopic (exact) mass is 388 g/mol. The fourth-order valence-electron chi connectivity index (χ4n) is 3.00. The van der Waals surface area contributed by atoms with E-state index in [1.807, 2.05) is 23.6 Å². The third-order valence-corrected chi connectivity index (χ3v) is 5.34. The summed E-state index contributed by atoms with van der Waals surface area (Å²) in [4.78, 5) is 34.5. The summed E-state index contributed by atoms with van der Waals surface area (Å²) in [6.45, 7) is 3.41. The highest BCUT2D eigenvalue weighted by Gasteiger charge is 2.24. The average molecular weight is 388 g/mol. The van der Waals surface area contributed by atoms with Gasteiger partial charge >= 0.3 is 6.09 Å². The van der Waals surface area contributed by atoms with Crippen LogP contribution in [0.2, 0.25) is 0 Å². The summed E-state index contributed by atoms with van der Waals surface area (Å²) in [6, 6.07) is 5.85. The highest BCUT2D eigenvalue weighted by Crippen LogP contribution is 2.20. The minimum Gasteiger partial charge on any atom is -0.450 e. The topological polar surface area (TPSA) is 84.4 Å². The largest absolute Gasteiger partial charge is 0.450 e. The van der Waals surface area contributed by atoms with Crippen molar-refractivity contribution >= 4 is 23.3 Å². The van der Waals surface area contributed by atoms with E-state index in [-0.39, 0.29) is 18.0 Å². The number of amides is 2. The van der Waals surface area contributed by atoms with Gasteiger partial charge in [0.25, 0.3) is 0 Å². The summed E-state index contributed by atoms with van der Waals surface area (Å²) in [6.07, 6.45) is 4.01. The molecule has 0 radical (unpaired) electrons. The molecular weight excluding hydrogens is 364 g/mol. The Hall–Kier alpha value is -2.48. The van der Waals surface area contributed by atoms with Crippen LogP contribution in [0.1, 0.15) is 31.2 Å². The summed E-state index contributed by atoms with van der Waals surface area (Å²) >= 11 is 1.55. The molecule has 1 aliphatic heterocycles. The van der Waals surface area contributed by atoms with Crippen molar-refractivity contribution < 1.29 is 14.3 Å². The smallest absolute Gasteiger partial charge is 0.409 e. The fourth-order valence-corrected chi connectivity index (χ4v) is 3.79. The Morgan fingerprint density at radius 2 is 2.11 bits per heavy atom. The Bertz CT molecular complexity index is 757. The molecule has 1 aliphatic rings. The molecule has 0 spiro atoms. The number of thiazole rings is 1. The Kier molecular flexibility index (Phi) is 6.75. The summed E-state index contributed by atoms with van der Waals surface area (Å²) < 4.78 is 5.01. The van der Waals surface area contributed by atoms with Crippen molar-refractivity contribution in [2.75, 3.05) is 19.7 Å². The number of piperidine rings is 1. The average Bonchev–Trinajstić information content (AvgIpc) is 3.17. The maximum atomic E-state index is 12.2. The van der Waals surface area contributed by atoms with E-state index < -0.39 is 0 Å². The number of aromatic nitrogens is 2. The molecule has 0 bridgehead atoms. The van der Waals surface area contributed by atoms with Gasteiger partial charge in [0.15, 0.2) is 0 Å². The number of hydrogen-bond acceptors (Lipinski definition) is 6. The third-order valence-electron chi connectivity index (χ3n) is 4.43. The van der Waals surface area contributed by atoms with Crippen molar-refractivity contribution in [2.24, 2.45) is 0 Å². The Balaban J connectivity index is 1.41. The maximum absolute atomic E-state index is 12.2. The molecule has 1 saturated heterocycles. The molecule has 0 aromatic carbocycles. The standard InChI is InChI=1S/C19H24N4O3S/c1-2-26-19(25)23-11-8-14(9-12-23)21-17(24)6-7-18-22-16(13-27-18)15-5-3-4-10-20-15/h3-5,10,13-14H,2,6-9,11-12H2,1H3,(H,21,24). The molecule has 2 amide bonds. The van der Waals surface area contributed by atoms with Crippen molar-refractivity contribution in [1.82, 2.24) is 20.2 Å². The van der Waals surface area contributed by atoms with Crippen LogP contribution in [0.15, 0.2) is 29.8 Å². The van der Waals surface area contributed by atoms with E-state index in [9.17, 15) is 9.59 Å². The van der Waals surface area contributed by atoms with Gasteiger partial charge in [0.1, 0.15) is 0 Å². The molecule has 0 aliphatic carbocycles. The van der Waals surface area contributed by atoms with Crippen molar-refractivity contribution in [3.63, 3.8) is 0 Å². The zero-order chi connectivity index (χ0) is 19.1. The van der Waals surface area contributed by atoms with Crippen LogP contribution in [0, 0.1) is 0 Å². The molecular formula is C19H24N4O3S. The molecule has 1 N–H and O–H groups in total.